The molecular weight excluding hydrogens is 370 g/mol. The molecule has 0 radical (unpaired) electrons. The van der Waals surface area contributed by atoms with E-state index in [-0.39, 0.29) is 6.61 Å². The SMILES string of the molecule is N#CC(COCc1ccccc1)NC(=O)COC(=O)N1CCc2ccccc2C1. The van der Waals surface area contributed by atoms with Crippen molar-refractivity contribution in [2.45, 2.75) is 25.6 Å². The Morgan fingerprint density at radius 2 is 1.83 bits per heavy atom. The summed E-state index contributed by atoms with van der Waals surface area (Å²) in [6.07, 6.45) is 0.218. The maximum atomic E-state index is 12.2. The minimum absolute atomic E-state index is 0.0496. The fourth-order valence-electron chi connectivity index (χ4n) is 3.09. The Balaban J connectivity index is 1.38. The molecular formula is C22H23N3O4. The lowest BCUT2D eigenvalue weighted by molar-refractivity contribution is -0.125. The number of rotatable bonds is 7. The molecule has 7 heteroatoms. The quantitative estimate of drug-likeness (QED) is 0.780. The van der Waals surface area contributed by atoms with Gasteiger partial charge in [0.2, 0.25) is 0 Å². The van der Waals surface area contributed by atoms with Gasteiger partial charge >= 0.3 is 6.09 Å². The predicted molar refractivity (Wildman–Crippen MR) is 106 cm³/mol. The average molecular weight is 393 g/mol. The van der Waals surface area contributed by atoms with Crippen LogP contribution in [0, 0.1) is 11.3 Å². The van der Waals surface area contributed by atoms with E-state index in [9.17, 15) is 14.9 Å². The van der Waals surface area contributed by atoms with Gasteiger partial charge in [-0.1, -0.05) is 54.6 Å². The Bertz CT molecular complexity index is 879. The summed E-state index contributed by atoms with van der Waals surface area (Å²) in [6, 6.07) is 18.6. The van der Waals surface area contributed by atoms with Crippen LogP contribution in [0.3, 0.4) is 0 Å². The van der Waals surface area contributed by atoms with Crippen LogP contribution >= 0.6 is 0 Å². The third-order valence-electron chi connectivity index (χ3n) is 4.60. The second-order valence-corrected chi connectivity index (χ2v) is 6.74. The number of ether oxygens (including phenoxy) is 2. The molecule has 150 valence electrons. The van der Waals surface area contributed by atoms with Crippen molar-refractivity contribution in [2.24, 2.45) is 0 Å². The lowest BCUT2D eigenvalue weighted by atomic mass is 10.0. The van der Waals surface area contributed by atoms with E-state index < -0.39 is 24.6 Å². The van der Waals surface area contributed by atoms with Gasteiger partial charge in [0.25, 0.3) is 5.91 Å². The van der Waals surface area contributed by atoms with Crippen molar-refractivity contribution in [2.75, 3.05) is 19.8 Å². The van der Waals surface area contributed by atoms with Gasteiger partial charge in [-0.05, 0) is 23.1 Å². The standard InChI is InChI=1S/C22H23N3O4/c23-12-20(15-28-14-17-6-2-1-3-7-17)24-21(26)16-29-22(27)25-11-10-18-8-4-5-9-19(18)13-25/h1-9,20H,10-11,13-16H2,(H,24,26). The first-order valence-electron chi connectivity index (χ1n) is 9.45. The third kappa shape index (κ3) is 6.06. The normalized spacial score (nSPS) is 13.7. The van der Waals surface area contributed by atoms with Crippen LogP contribution in [0.15, 0.2) is 54.6 Å². The summed E-state index contributed by atoms with van der Waals surface area (Å²) in [4.78, 5) is 25.8. The van der Waals surface area contributed by atoms with Crippen LogP contribution in [0.4, 0.5) is 4.79 Å². The van der Waals surface area contributed by atoms with Gasteiger partial charge in [-0.15, -0.1) is 0 Å². The summed E-state index contributed by atoms with van der Waals surface area (Å²) in [6.45, 7) is 0.971. The van der Waals surface area contributed by atoms with Crippen LogP contribution in [0.5, 0.6) is 0 Å². The van der Waals surface area contributed by atoms with Gasteiger partial charge in [0.15, 0.2) is 6.61 Å². The summed E-state index contributed by atoms with van der Waals surface area (Å²) in [5.41, 5.74) is 3.29. The van der Waals surface area contributed by atoms with Crippen LogP contribution in [0.2, 0.25) is 0 Å². The van der Waals surface area contributed by atoms with Crippen molar-refractivity contribution in [1.82, 2.24) is 10.2 Å². The van der Waals surface area contributed by atoms with Crippen molar-refractivity contribution in [3.05, 3.63) is 71.3 Å². The number of nitriles is 1. The molecule has 0 saturated carbocycles. The number of hydrogen-bond acceptors (Lipinski definition) is 5. The van der Waals surface area contributed by atoms with Gasteiger partial charge < -0.3 is 19.7 Å². The maximum absolute atomic E-state index is 12.2. The Hall–Kier alpha value is -3.37. The number of carbonyl (C=O) groups excluding carboxylic acids is 2. The average Bonchev–Trinajstić information content (AvgIpc) is 2.77. The molecule has 0 saturated heterocycles. The summed E-state index contributed by atoms with van der Waals surface area (Å²) in [5, 5.41) is 11.7. The zero-order valence-corrected chi connectivity index (χ0v) is 16.0. The van der Waals surface area contributed by atoms with Gasteiger partial charge in [-0.2, -0.15) is 5.26 Å². The van der Waals surface area contributed by atoms with Gasteiger partial charge in [0.1, 0.15) is 6.04 Å². The largest absolute Gasteiger partial charge is 0.439 e. The zero-order chi connectivity index (χ0) is 20.5. The van der Waals surface area contributed by atoms with Crippen LogP contribution in [-0.4, -0.2) is 42.7 Å². The molecule has 3 rings (SSSR count). The monoisotopic (exact) mass is 393 g/mol. The minimum atomic E-state index is -0.813. The number of benzene rings is 2. The van der Waals surface area contributed by atoms with E-state index in [0.717, 1.165) is 17.5 Å². The highest BCUT2D eigenvalue weighted by atomic mass is 16.6. The third-order valence-corrected chi connectivity index (χ3v) is 4.60. The van der Waals surface area contributed by atoms with E-state index in [1.807, 2.05) is 60.7 Å². The smallest absolute Gasteiger partial charge is 0.410 e. The van der Waals surface area contributed by atoms with Crippen LogP contribution < -0.4 is 5.32 Å². The van der Waals surface area contributed by atoms with E-state index in [1.165, 1.54) is 5.56 Å². The van der Waals surface area contributed by atoms with Crippen molar-refractivity contribution < 1.29 is 19.1 Å². The lowest BCUT2D eigenvalue weighted by Crippen LogP contribution is -2.42. The molecule has 1 aliphatic heterocycles. The molecule has 2 aromatic carbocycles. The van der Waals surface area contributed by atoms with E-state index in [1.54, 1.807) is 4.90 Å². The molecule has 1 atom stereocenters. The number of hydrogen-bond donors (Lipinski definition) is 1. The summed E-state index contributed by atoms with van der Waals surface area (Å²) >= 11 is 0. The molecule has 29 heavy (non-hydrogen) atoms. The molecule has 2 aromatic rings. The van der Waals surface area contributed by atoms with Gasteiger partial charge in [-0.25, -0.2) is 4.79 Å². The van der Waals surface area contributed by atoms with Crippen molar-refractivity contribution >= 4 is 12.0 Å². The zero-order valence-electron chi connectivity index (χ0n) is 16.0. The number of amides is 2. The van der Waals surface area contributed by atoms with Crippen LogP contribution in [0.25, 0.3) is 0 Å². The molecule has 0 fully saturated rings. The van der Waals surface area contributed by atoms with Crippen molar-refractivity contribution in [1.29, 1.82) is 5.26 Å². The molecule has 0 aromatic heterocycles. The first-order valence-corrected chi connectivity index (χ1v) is 9.45. The predicted octanol–water partition coefficient (Wildman–Crippen LogP) is 2.41. The number of nitrogens with zero attached hydrogens (tertiary/aromatic N) is 2. The fraction of sp³-hybridized carbons (Fsp3) is 0.318. The minimum Gasteiger partial charge on any atom is -0.439 e. The van der Waals surface area contributed by atoms with E-state index in [2.05, 4.69) is 5.32 Å². The molecule has 0 aliphatic carbocycles. The summed E-state index contributed by atoms with van der Waals surface area (Å²) in [7, 11) is 0. The highest BCUT2D eigenvalue weighted by molar-refractivity contribution is 5.80. The summed E-state index contributed by atoms with van der Waals surface area (Å²) in [5.74, 6) is -0.536. The van der Waals surface area contributed by atoms with Gasteiger partial charge in [0.05, 0.1) is 19.3 Å². The Labute approximate surface area is 169 Å². The highest BCUT2D eigenvalue weighted by Gasteiger charge is 2.22. The Morgan fingerprint density at radius 3 is 2.59 bits per heavy atom. The highest BCUT2D eigenvalue weighted by Crippen LogP contribution is 2.18. The molecule has 1 unspecified atom stereocenters. The molecule has 0 spiro atoms. The molecule has 1 aliphatic rings. The topological polar surface area (TPSA) is 91.7 Å². The van der Waals surface area contributed by atoms with E-state index in [0.29, 0.717) is 19.7 Å². The van der Waals surface area contributed by atoms with Crippen LogP contribution in [-0.2, 0) is 33.8 Å². The second-order valence-electron chi connectivity index (χ2n) is 6.74. The first kappa shape index (κ1) is 20.4. The van der Waals surface area contributed by atoms with Crippen molar-refractivity contribution in [3.8, 4) is 6.07 Å². The van der Waals surface area contributed by atoms with Crippen molar-refractivity contribution in [3.63, 3.8) is 0 Å². The molecule has 0 bridgehead atoms. The number of nitrogens with one attached hydrogen (secondary N) is 1. The van der Waals surface area contributed by atoms with Crippen LogP contribution in [0.1, 0.15) is 16.7 Å². The summed E-state index contributed by atoms with van der Waals surface area (Å²) < 4.78 is 10.6. The number of carbonyl (C=O) groups is 2. The molecule has 1 heterocycles. The van der Waals surface area contributed by atoms with E-state index >= 15 is 0 Å². The fourth-order valence-corrected chi connectivity index (χ4v) is 3.09. The molecule has 2 amide bonds. The van der Waals surface area contributed by atoms with Gasteiger partial charge in [-0.3, -0.25) is 4.79 Å². The molecule has 7 nitrogen and oxygen atoms in total. The Kier molecular flexibility index (Phi) is 7.20. The Morgan fingerprint density at radius 1 is 1.10 bits per heavy atom. The molecule has 1 N–H and O–H groups in total. The number of fused-ring (bicyclic) bond motifs is 1. The first-order chi connectivity index (χ1) is 14.2. The maximum Gasteiger partial charge on any atom is 0.410 e. The van der Waals surface area contributed by atoms with Gasteiger partial charge in [0, 0.05) is 13.1 Å². The lowest BCUT2D eigenvalue weighted by Gasteiger charge is -2.28. The van der Waals surface area contributed by atoms with E-state index in [4.69, 9.17) is 9.47 Å². The second kappa shape index (κ2) is 10.2.